The second-order valence-electron chi connectivity index (χ2n) is 3.74. The lowest BCUT2D eigenvalue weighted by Crippen LogP contribution is -2.14. The Bertz CT molecular complexity index is 485. The number of aromatic amines is 1. The Morgan fingerprint density at radius 2 is 2.35 bits per heavy atom. The van der Waals surface area contributed by atoms with Crippen LogP contribution in [0.15, 0.2) is 30.6 Å². The molecule has 1 atom stereocenters. The van der Waals surface area contributed by atoms with Crippen molar-refractivity contribution in [2.24, 2.45) is 5.73 Å². The molecule has 0 aliphatic rings. The van der Waals surface area contributed by atoms with Crippen molar-refractivity contribution in [3.8, 4) is 5.75 Å². The number of nitrogens with one attached hydrogen (secondary N) is 1. The average molecular weight is 252 g/mol. The number of aromatic nitrogens is 2. The van der Waals surface area contributed by atoms with E-state index in [1.165, 1.54) is 0 Å². The van der Waals surface area contributed by atoms with Crippen LogP contribution < -0.4 is 10.5 Å². The van der Waals surface area contributed by atoms with Gasteiger partial charge in [0.2, 0.25) is 0 Å². The molecule has 2 aromatic rings. The second kappa shape index (κ2) is 5.21. The van der Waals surface area contributed by atoms with Crippen molar-refractivity contribution in [3.05, 3.63) is 47.0 Å². The minimum atomic E-state index is -0.132. The van der Waals surface area contributed by atoms with E-state index in [1.807, 2.05) is 12.1 Å². The summed E-state index contributed by atoms with van der Waals surface area (Å²) in [6.07, 6.45) is 4.15. The molecule has 2 rings (SSSR count). The molecule has 0 radical (unpaired) electrons. The van der Waals surface area contributed by atoms with Crippen LogP contribution in [0, 0.1) is 0 Å². The molecular formula is C12H14ClN3O. The fraction of sp³-hybridized carbons (Fsp3) is 0.250. The van der Waals surface area contributed by atoms with Crippen LogP contribution >= 0.6 is 11.6 Å². The molecule has 90 valence electrons. The van der Waals surface area contributed by atoms with Crippen molar-refractivity contribution in [3.63, 3.8) is 0 Å². The van der Waals surface area contributed by atoms with Crippen LogP contribution in [0.25, 0.3) is 0 Å². The third-order valence-electron chi connectivity index (χ3n) is 2.57. The predicted octanol–water partition coefficient (Wildman–Crippen LogP) is 2.31. The van der Waals surface area contributed by atoms with E-state index in [9.17, 15) is 0 Å². The van der Waals surface area contributed by atoms with E-state index in [0.29, 0.717) is 17.2 Å². The van der Waals surface area contributed by atoms with Crippen molar-refractivity contribution in [1.82, 2.24) is 9.97 Å². The number of halogens is 1. The van der Waals surface area contributed by atoms with Gasteiger partial charge in [0.15, 0.2) is 0 Å². The maximum absolute atomic E-state index is 6.10. The van der Waals surface area contributed by atoms with Crippen LogP contribution in [-0.4, -0.2) is 17.1 Å². The molecule has 5 heteroatoms. The van der Waals surface area contributed by atoms with Crippen molar-refractivity contribution in [1.29, 1.82) is 0 Å². The highest BCUT2D eigenvalue weighted by Crippen LogP contribution is 2.27. The molecule has 0 amide bonds. The third kappa shape index (κ3) is 2.78. The molecule has 1 aromatic heterocycles. The number of hydrogen-bond acceptors (Lipinski definition) is 3. The van der Waals surface area contributed by atoms with Gasteiger partial charge < -0.3 is 15.5 Å². The summed E-state index contributed by atoms with van der Waals surface area (Å²) in [5, 5.41) is 0.585. The lowest BCUT2D eigenvalue weighted by molar-refractivity contribution is 0.414. The summed E-state index contributed by atoms with van der Waals surface area (Å²) in [4.78, 5) is 7.18. The van der Waals surface area contributed by atoms with Crippen molar-refractivity contribution in [2.45, 2.75) is 12.5 Å². The van der Waals surface area contributed by atoms with Crippen LogP contribution in [0.4, 0.5) is 0 Å². The first-order chi connectivity index (χ1) is 8.20. The first-order valence-corrected chi connectivity index (χ1v) is 5.65. The molecule has 0 saturated heterocycles. The Labute approximate surface area is 105 Å². The minimum absolute atomic E-state index is 0.132. The zero-order chi connectivity index (χ0) is 12.3. The average Bonchev–Trinajstić information content (AvgIpc) is 2.82. The molecule has 17 heavy (non-hydrogen) atoms. The van der Waals surface area contributed by atoms with Gasteiger partial charge in [0.25, 0.3) is 0 Å². The first kappa shape index (κ1) is 12.0. The number of methoxy groups -OCH3 is 1. The topological polar surface area (TPSA) is 63.9 Å². The zero-order valence-corrected chi connectivity index (χ0v) is 10.2. The van der Waals surface area contributed by atoms with Crippen LogP contribution in [0.5, 0.6) is 5.75 Å². The van der Waals surface area contributed by atoms with Gasteiger partial charge in [0.1, 0.15) is 11.6 Å². The Balaban J connectivity index is 2.16. The van der Waals surface area contributed by atoms with E-state index in [2.05, 4.69) is 9.97 Å². The van der Waals surface area contributed by atoms with E-state index in [1.54, 1.807) is 25.6 Å². The molecule has 1 heterocycles. The van der Waals surface area contributed by atoms with Crippen molar-refractivity contribution < 1.29 is 4.74 Å². The molecule has 0 aliphatic heterocycles. The van der Waals surface area contributed by atoms with Crippen molar-refractivity contribution in [2.75, 3.05) is 7.11 Å². The first-order valence-electron chi connectivity index (χ1n) is 5.28. The Hall–Kier alpha value is -1.52. The highest BCUT2D eigenvalue weighted by molar-refractivity contribution is 6.32. The van der Waals surface area contributed by atoms with Gasteiger partial charge in [0, 0.05) is 24.9 Å². The highest BCUT2D eigenvalue weighted by atomic mass is 35.5. The van der Waals surface area contributed by atoms with Gasteiger partial charge in [-0.15, -0.1) is 0 Å². The fourth-order valence-corrected chi connectivity index (χ4v) is 1.84. The summed E-state index contributed by atoms with van der Waals surface area (Å²) >= 11 is 5.96. The number of nitrogens with zero attached hydrogens (tertiary/aromatic N) is 1. The van der Waals surface area contributed by atoms with E-state index < -0.39 is 0 Å². The maximum Gasteiger partial charge on any atom is 0.137 e. The molecule has 0 saturated carbocycles. The Kier molecular flexibility index (Phi) is 3.66. The van der Waals surface area contributed by atoms with E-state index in [4.69, 9.17) is 22.1 Å². The molecule has 1 unspecified atom stereocenters. The third-order valence-corrected chi connectivity index (χ3v) is 2.88. The predicted molar refractivity (Wildman–Crippen MR) is 67.2 cm³/mol. The lowest BCUT2D eigenvalue weighted by Gasteiger charge is -2.12. The van der Waals surface area contributed by atoms with Crippen LogP contribution in [0.2, 0.25) is 5.02 Å². The second-order valence-corrected chi connectivity index (χ2v) is 4.15. The molecule has 0 bridgehead atoms. The molecule has 1 aromatic carbocycles. The summed E-state index contributed by atoms with van der Waals surface area (Å²) in [7, 11) is 1.59. The summed E-state index contributed by atoms with van der Waals surface area (Å²) in [5.41, 5.74) is 7.08. The van der Waals surface area contributed by atoms with Crippen molar-refractivity contribution >= 4 is 11.6 Å². The van der Waals surface area contributed by atoms with Gasteiger partial charge >= 0.3 is 0 Å². The number of rotatable bonds is 4. The monoisotopic (exact) mass is 251 g/mol. The van der Waals surface area contributed by atoms with E-state index in [-0.39, 0.29) is 6.04 Å². The fourth-order valence-electron chi connectivity index (χ4n) is 1.64. The van der Waals surface area contributed by atoms with Gasteiger partial charge in [0.05, 0.1) is 12.1 Å². The zero-order valence-electron chi connectivity index (χ0n) is 9.48. The van der Waals surface area contributed by atoms with Crippen LogP contribution in [0.3, 0.4) is 0 Å². The molecule has 3 N–H and O–H groups in total. The molecule has 0 fully saturated rings. The number of ether oxygens (including phenoxy) is 1. The van der Waals surface area contributed by atoms with Gasteiger partial charge in [-0.25, -0.2) is 4.98 Å². The summed E-state index contributed by atoms with van der Waals surface area (Å²) in [6, 6.07) is 5.42. The number of imidazole rings is 1. The minimum Gasteiger partial charge on any atom is -0.495 e. The number of benzene rings is 1. The van der Waals surface area contributed by atoms with Gasteiger partial charge in [-0.05, 0) is 17.7 Å². The summed E-state index contributed by atoms with van der Waals surface area (Å²) in [6.45, 7) is 0. The smallest absolute Gasteiger partial charge is 0.137 e. The molecule has 4 nitrogen and oxygen atoms in total. The SMILES string of the molecule is COc1cc(C(N)Cc2ncc[nH]2)ccc1Cl. The quantitative estimate of drug-likeness (QED) is 0.877. The van der Waals surface area contributed by atoms with Crippen LogP contribution in [0.1, 0.15) is 17.4 Å². The van der Waals surface area contributed by atoms with Gasteiger partial charge in [-0.2, -0.15) is 0 Å². The number of H-pyrrole nitrogens is 1. The normalized spacial score (nSPS) is 12.4. The standard InChI is InChI=1S/C12H14ClN3O/c1-17-11-6-8(2-3-9(11)13)10(14)7-12-15-4-5-16-12/h2-6,10H,7,14H2,1H3,(H,15,16). The summed E-state index contributed by atoms with van der Waals surface area (Å²) < 4.78 is 5.16. The largest absolute Gasteiger partial charge is 0.495 e. The molecular weight excluding hydrogens is 238 g/mol. The maximum atomic E-state index is 6.10. The highest BCUT2D eigenvalue weighted by Gasteiger charge is 2.11. The number of nitrogens with two attached hydrogens (primary N) is 1. The van der Waals surface area contributed by atoms with Gasteiger partial charge in [-0.3, -0.25) is 0 Å². The number of hydrogen-bond donors (Lipinski definition) is 2. The molecule has 0 aliphatic carbocycles. The Morgan fingerprint density at radius 3 is 3.00 bits per heavy atom. The summed E-state index contributed by atoms with van der Waals surface area (Å²) in [5.74, 6) is 1.51. The molecule has 0 spiro atoms. The van der Waals surface area contributed by atoms with E-state index >= 15 is 0 Å². The lowest BCUT2D eigenvalue weighted by atomic mass is 10.0. The Morgan fingerprint density at radius 1 is 1.53 bits per heavy atom. The van der Waals surface area contributed by atoms with E-state index in [0.717, 1.165) is 11.4 Å². The van der Waals surface area contributed by atoms with Crippen LogP contribution in [-0.2, 0) is 6.42 Å². The van der Waals surface area contributed by atoms with Gasteiger partial charge in [-0.1, -0.05) is 17.7 Å².